The molecule has 1 aliphatic rings. The van der Waals surface area contributed by atoms with Crippen molar-refractivity contribution in [1.82, 2.24) is 0 Å². The van der Waals surface area contributed by atoms with Crippen LogP contribution >= 0.6 is 0 Å². The number of methoxy groups -OCH3 is 2. The topological polar surface area (TPSA) is 77.6 Å². The van der Waals surface area contributed by atoms with E-state index in [2.05, 4.69) is 0 Å². The summed E-state index contributed by atoms with van der Waals surface area (Å²) in [5, 5.41) is 7.45. The molecule has 110 valence electrons. The first kappa shape index (κ1) is 14.7. The van der Waals surface area contributed by atoms with Crippen molar-refractivity contribution in [2.75, 3.05) is 14.2 Å². The van der Waals surface area contributed by atoms with Gasteiger partial charge in [0.15, 0.2) is 11.5 Å². The van der Waals surface area contributed by atoms with Gasteiger partial charge in [0.05, 0.1) is 13.2 Å². The summed E-state index contributed by atoms with van der Waals surface area (Å²) in [6, 6.07) is 5.32. The van der Waals surface area contributed by atoms with Crippen LogP contribution in [0.5, 0.6) is 11.5 Å². The third kappa shape index (κ3) is 3.42. The van der Waals surface area contributed by atoms with Gasteiger partial charge in [-0.25, -0.2) is 0 Å². The van der Waals surface area contributed by atoms with Gasteiger partial charge in [0, 0.05) is 19.1 Å². The molecule has 0 aromatic heterocycles. The summed E-state index contributed by atoms with van der Waals surface area (Å²) in [6.45, 7) is 0. The quantitative estimate of drug-likeness (QED) is 0.640. The lowest BCUT2D eigenvalue weighted by molar-refractivity contribution is 0.0202. The van der Waals surface area contributed by atoms with E-state index >= 15 is 0 Å². The summed E-state index contributed by atoms with van der Waals surface area (Å²) in [7, 11) is 3.33. The summed E-state index contributed by atoms with van der Waals surface area (Å²) in [5.41, 5.74) is 6.11. The lowest BCUT2D eigenvalue weighted by Crippen LogP contribution is -2.29. The second-order valence-electron chi connectivity index (χ2n) is 5.04. The highest BCUT2D eigenvalue weighted by molar-refractivity contribution is 5.95. The van der Waals surface area contributed by atoms with Crippen molar-refractivity contribution in [2.24, 2.45) is 5.73 Å². The fraction of sp³-hybridized carbons (Fsp3) is 0.533. The van der Waals surface area contributed by atoms with Gasteiger partial charge in [-0.15, -0.1) is 0 Å². The van der Waals surface area contributed by atoms with Gasteiger partial charge < -0.3 is 19.9 Å². The van der Waals surface area contributed by atoms with E-state index in [9.17, 15) is 0 Å². The normalized spacial score (nSPS) is 22.3. The predicted molar refractivity (Wildman–Crippen MR) is 77.7 cm³/mol. The van der Waals surface area contributed by atoms with E-state index in [1.807, 2.05) is 6.07 Å². The van der Waals surface area contributed by atoms with Crippen LogP contribution in [0, 0.1) is 5.41 Å². The molecule has 20 heavy (non-hydrogen) atoms. The Morgan fingerprint density at radius 1 is 1.20 bits per heavy atom. The highest BCUT2D eigenvalue weighted by atomic mass is 16.5. The second-order valence-corrected chi connectivity index (χ2v) is 5.04. The monoisotopic (exact) mass is 278 g/mol. The summed E-state index contributed by atoms with van der Waals surface area (Å²) < 4.78 is 16.8. The first-order chi connectivity index (χ1) is 9.63. The Bertz CT molecular complexity index is 476. The van der Waals surface area contributed by atoms with Crippen LogP contribution in [0.25, 0.3) is 0 Å². The molecule has 1 aromatic rings. The molecule has 0 saturated heterocycles. The average Bonchev–Trinajstić information content (AvgIpc) is 2.47. The van der Waals surface area contributed by atoms with Crippen molar-refractivity contribution >= 4 is 5.84 Å². The molecule has 5 nitrogen and oxygen atoms in total. The molecule has 0 heterocycles. The highest BCUT2D eigenvalue weighted by Gasteiger charge is 2.24. The van der Waals surface area contributed by atoms with Crippen molar-refractivity contribution in [3.05, 3.63) is 23.8 Å². The van der Waals surface area contributed by atoms with E-state index in [0.717, 1.165) is 25.7 Å². The Labute approximate surface area is 119 Å². The van der Waals surface area contributed by atoms with Crippen LogP contribution in [0.3, 0.4) is 0 Å². The van der Waals surface area contributed by atoms with Gasteiger partial charge in [-0.05, 0) is 37.5 Å². The number of amidine groups is 1. The molecule has 1 saturated carbocycles. The zero-order valence-electron chi connectivity index (χ0n) is 12.0. The zero-order chi connectivity index (χ0) is 14.5. The molecule has 0 amide bonds. The number of nitrogen functional groups attached to an aromatic ring is 1. The number of benzene rings is 1. The van der Waals surface area contributed by atoms with Crippen LogP contribution in [-0.2, 0) is 4.74 Å². The minimum atomic E-state index is 0.0203. The minimum Gasteiger partial charge on any atom is -0.493 e. The summed E-state index contributed by atoms with van der Waals surface area (Å²) in [5.74, 6) is 1.32. The summed E-state index contributed by atoms with van der Waals surface area (Å²) in [6.07, 6.45) is 4.54. The molecular formula is C15H22N2O3. The number of rotatable bonds is 5. The van der Waals surface area contributed by atoms with E-state index in [-0.39, 0.29) is 18.0 Å². The molecule has 0 bridgehead atoms. The maximum atomic E-state index is 7.45. The molecule has 2 atom stereocenters. The molecule has 0 aliphatic heterocycles. The molecule has 1 aliphatic carbocycles. The zero-order valence-corrected chi connectivity index (χ0v) is 12.0. The maximum Gasteiger partial charge on any atom is 0.161 e. The number of hydrogen-bond acceptors (Lipinski definition) is 4. The summed E-state index contributed by atoms with van der Waals surface area (Å²) >= 11 is 0. The Kier molecular flexibility index (Phi) is 4.84. The van der Waals surface area contributed by atoms with E-state index in [1.165, 1.54) is 0 Å². The molecule has 1 aromatic carbocycles. The second kappa shape index (κ2) is 6.61. The molecule has 1 fully saturated rings. The SMILES string of the molecule is COc1cc(C(=N)N)ccc1OC1CCCC(OC)C1. The summed E-state index contributed by atoms with van der Waals surface area (Å²) in [4.78, 5) is 0. The lowest BCUT2D eigenvalue weighted by Gasteiger charge is -2.29. The number of hydrogen-bond donors (Lipinski definition) is 2. The number of nitrogens with two attached hydrogens (primary N) is 1. The van der Waals surface area contributed by atoms with Crippen LogP contribution in [0.4, 0.5) is 0 Å². The van der Waals surface area contributed by atoms with Crippen molar-refractivity contribution in [1.29, 1.82) is 5.41 Å². The van der Waals surface area contributed by atoms with Gasteiger partial charge in [0.2, 0.25) is 0 Å². The number of nitrogens with one attached hydrogen (secondary N) is 1. The Balaban J connectivity index is 2.10. The number of ether oxygens (including phenoxy) is 3. The van der Waals surface area contributed by atoms with Gasteiger partial charge in [-0.3, -0.25) is 5.41 Å². The van der Waals surface area contributed by atoms with Gasteiger partial charge in [-0.1, -0.05) is 0 Å². The molecular weight excluding hydrogens is 256 g/mol. The Hall–Kier alpha value is -1.75. The van der Waals surface area contributed by atoms with Crippen molar-refractivity contribution in [3.63, 3.8) is 0 Å². The van der Waals surface area contributed by atoms with Gasteiger partial charge >= 0.3 is 0 Å². The molecule has 5 heteroatoms. The lowest BCUT2D eigenvalue weighted by atomic mass is 9.95. The van der Waals surface area contributed by atoms with Crippen LogP contribution < -0.4 is 15.2 Å². The van der Waals surface area contributed by atoms with Crippen LogP contribution in [0.15, 0.2) is 18.2 Å². The third-order valence-corrected chi connectivity index (χ3v) is 3.68. The third-order valence-electron chi connectivity index (χ3n) is 3.68. The van der Waals surface area contributed by atoms with Crippen molar-refractivity contribution in [3.8, 4) is 11.5 Å². The molecule has 3 N–H and O–H groups in total. The molecule has 0 spiro atoms. The van der Waals surface area contributed by atoms with E-state index in [1.54, 1.807) is 26.4 Å². The first-order valence-corrected chi connectivity index (χ1v) is 6.86. The Morgan fingerprint density at radius 3 is 2.60 bits per heavy atom. The average molecular weight is 278 g/mol. The van der Waals surface area contributed by atoms with Crippen LogP contribution in [-0.4, -0.2) is 32.3 Å². The molecule has 2 unspecified atom stereocenters. The van der Waals surface area contributed by atoms with E-state index in [0.29, 0.717) is 17.1 Å². The van der Waals surface area contributed by atoms with Crippen molar-refractivity contribution < 1.29 is 14.2 Å². The predicted octanol–water partition coefficient (Wildman–Crippen LogP) is 2.32. The van der Waals surface area contributed by atoms with E-state index in [4.69, 9.17) is 25.4 Å². The minimum absolute atomic E-state index is 0.0203. The van der Waals surface area contributed by atoms with Gasteiger partial charge in [0.25, 0.3) is 0 Å². The highest BCUT2D eigenvalue weighted by Crippen LogP contribution is 2.32. The first-order valence-electron chi connectivity index (χ1n) is 6.86. The van der Waals surface area contributed by atoms with Crippen LogP contribution in [0.1, 0.15) is 31.2 Å². The standard InChI is InChI=1S/C15H22N2O3/c1-18-11-4-3-5-12(9-11)20-13-7-6-10(15(16)17)8-14(13)19-2/h6-8,11-12H,3-5,9H2,1-2H3,(H3,16,17). The van der Waals surface area contributed by atoms with E-state index < -0.39 is 0 Å². The van der Waals surface area contributed by atoms with Crippen molar-refractivity contribution in [2.45, 2.75) is 37.9 Å². The smallest absolute Gasteiger partial charge is 0.161 e. The maximum absolute atomic E-state index is 7.45. The fourth-order valence-corrected chi connectivity index (χ4v) is 2.54. The largest absolute Gasteiger partial charge is 0.493 e. The van der Waals surface area contributed by atoms with Gasteiger partial charge in [0.1, 0.15) is 11.9 Å². The van der Waals surface area contributed by atoms with Gasteiger partial charge in [-0.2, -0.15) is 0 Å². The molecule has 0 radical (unpaired) electrons. The Morgan fingerprint density at radius 2 is 1.95 bits per heavy atom. The van der Waals surface area contributed by atoms with Crippen LogP contribution in [0.2, 0.25) is 0 Å². The molecule has 2 rings (SSSR count). The fourth-order valence-electron chi connectivity index (χ4n) is 2.54.